The molecule has 0 bridgehead atoms. The number of likely N-dealkylation sites (N-methyl/N-ethyl adjacent to an activating group) is 1. The second-order valence-electron chi connectivity index (χ2n) is 7.29. The molecule has 1 amide bonds. The van der Waals surface area contributed by atoms with Crippen LogP contribution in [0.3, 0.4) is 0 Å². The fraction of sp³-hybridized carbons (Fsp3) is 0.455. The largest absolute Gasteiger partial charge is 0.497 e. The molecule has 1 atom stereocenters. The zero-order chi connectivity index (χ0) is 20.1. The van der Waals surface area contributed by atoms with Gasteiger partial charge in [0.25, 0.3) is 0 Å². The molecule has 2 aromatic rings. The number of methoxy groups -OCH3 is 1. The summed E-state index contributed by atoms with van der Waals surface area (Å²) in [5.41, 5.74) is 3.60. The first-order valence-electron chi connectivity index (χ1n) is 9.80. The van der Waals surface area contributed by atoms with Gasteiger partial charge in [-0.05, 0) is 44.0 Å². The number of nitriles is 1. The Kier molecular flexibility index (Phi) is 6.37. The maximum atomic E-state index is 12.6. The Morgan fingerprint density at radius 1 is 1.46 bits per heavy atom. The summed E-state index contributed by atoms with van der Waals surface area (Å²) in [6.45, 7) is 6.94. The van der Waals surface area contributed by atoms with Crippen LogP contribution in [-0.2, 0) is 4.79 Å². The highest BCUT2D eigenvalue weighted by Gasteiger charge is 2.21. The minimum atomic E-state index is -0.143. The van der Waals surface area contributed by atoms with Gasteiger partial charge in [0.1, 0.15) is 5.75 Å². The van der Waals surface area contributed by atoms with Gasteiger partial charge in [0.15, 0.2) is 0 Å². The van der Waals surface area contributed by atoms with E-state index in [9.17, 15) is 4.79 Å². The van der Waals surface area contributed by atoms with Crippen molar-refractivity contribution in [3.63, 3.8) is 0 Å². The van der Waals surface area contributed by atoms with Gasteiger partial charge >= 0.3 is 0 Å². The van der Waals surface area contributed by atoms with Gasteiger partial charge in [-0.1, -0.05) is 6.08 Å². The lowest BCUT2D eigenvalue weighted by molar-refractivity contribution is -0.132. The SMILES string of the molecule is CCN(CC(C)C#N)C(=O)CN1CC=C(c2c[nH]c3ccc(OC)cc23)CC1. The van der Waals surface area contributed by atoms with E-state index in [1.165, 1.54) is 11.1 Å². The molecule has 1 aliphatic rings. The number of fused-ring (bicyclic) bond motifs is 1. The van der Waals surface area contributed by atoms with Gasteiger partial charge in [-0.15, -0.1) is 0 Å². The Morgan fingerprint density at radius 3 is 2.93 bits per heavy atom. The fourth-order valence-electron chi connectivity index (χ4n) is 3.66. The molecule has 0 saturated heterocycles. The van der Waals surface area contributed by atoms with Crippen molar-refractivity contribution < 1.29 is 9.53 Å². The zero-order valence-electron chi connectivity index (χ0n) is 16.9. The quantitative estimate of drug-likeness (QED) is 0.800. The molecular weight excluding hydrogens is 352 g/mol. The number of rotatable bonds is 7. The van der Waals surface area contributed by atoms with Gasteiger partial charge in [-0.2, -0.15) is 5.26 Å². The number of carbonyl (C=O) groups excluding carboxylic acids is 1. The van der Waals surface area contributed by atoms with Crippen LogP contribution < -0.4 is 4.74 Å². The van der Waals surface area contributed by atoms with E-state index in [4.69, 9.17) is 10.00 Å². The predicted octanol–water partition coefficient (Wildman–Crippen LogP) is 3.27. The van der Waals surface area contributed by atoms with Gasteiger partial charge in [0, 0.05) is 48.8 Å². The summed E-state index contributed by atoms with van der Waals surface area (Å²) in [4.78, 5) is 19.9. The highest BCUT2D eigenvalue weighted by molar-refractivity contribution is 5.93. The molecule has 148 valence electrons. The van der Waals surface area contributed by atoms with Gasteiger partial charge in [-0.25, -0.2) is 0 Å². The first-order chi connectivity index (χ1) is 13.5. The lowest BCUT2D eigenvalue weighted by Gasteiger charge is -2.29. The van der Waals surface area contributed by atoms with E-state index in [0.717, 1.165) is 36.2 Å². The first-order valence-corrected chi connectivity index (χ1v) is 9.80. The van der Waals surface area contributed by atoms with E-state index in [1.54, 1.807) is 12.0 Å². The van der Waals surface area contributed by atoms with Crippen LogP contribution in [0.4, 0.5) is 0 Å². The van der Waals surface area contributed by atoms with Crippen LogP contribution in [0.5, 0.6) is 5.75 Å². The summed E-state index contributed by atoms with van der Waals surface area (Å²) in [6.07, 6.45) is 5.17. The van der Waals surface area contributed by atoms with Gasteiger partial charge in [0.2, 0.25) is 5.91 Å². The Balaban J connectivity index is 1.66. The molecule has 0 saturated carbocycles. The van der Waals surface area contributed by atoms with Crippen molar-refractivity contribution in [2.75, 3.05) is 39.8 Å². The molecule has 6 nitrogen and oxygen atoms in total. The Hall–Kier alpha value is -2.78. The highest BCUT2D eigenvalue weighted by Crippen LogP contribution is 2.31. The molecule has 1 unspecified atom stereocenters. The molecule has 1 N–H and O–H groups in total. The molecule has 0 fully saturated rings. The van der Waals surface area contributed by atoms with Gasteiger partial charge < -0.3 is 14.6 Å². The van der Waals surface area contributed by atoms with Crippen LogP contribution in [0, 0.1) is 17.2 Å². The van der Waals surface area contributed by atoms with Crippen LogP contribution in [0.15, 0.2) is 30.5 Å². The predicted molar refractivity (Wildman–Crippen MR) is 111 cm³/mol. The van der Waals surface area contributed by atoms with Gasteiger partial charge in [-0.3, -0.25) is 9.69 Å². The highest BCUT2D eigenvalue weighted by atomic mass is 16.5. The molecule has 0 aliphatic carbocycles. The van der Waals surface area contributed by atoms with Crippen molar-refractivity contribution in [1.29, 1.82) is 5.26 Å². The van der Waals surface area contributed by atoms with Crippen molar-refractivity contribution in [1.82, 2.24) is 14.8 Å². The second-order valence-corrected chi connectivity index (χ2v) is 7.29. The van der Waals surface area contributed by atoms with E-state index in [2.05, 4.69) is 34.3 Å². The lowest BCUT2D eigenvalue weighted by Crippen LogP contribution is -2.43. The van der Waals surface area contributed by atoms with Crippen LogP contribution in [0.1, 0.15) is 25.8 Å². The number of hydrogen-bond acceptors (Lipinski definition) is 4. The topological polar surface area (TPSA) is 72.4 Å². The number of ether oxygens (including phenoxy) is 1. The van der Waals surface area contributed by atoms with Crippen LogP contribution in [0.2, 0.25) is 0 Å². The molecule has 1 aliphatic heterocycles. The number of benzene rings is 1. The third kappa shape index (κ3) is 4.37. The molecule has 1 aromatic carbocycles. The van der Waals surface area contributed by atoms with Gasteiger partial charge in [0.05, 0.1) is 25.6 Å². The average Bonchev–Trinajstić information content (AvgIpc) is 3.15. The summed E-state index contributed by atoms with van der Waals surface area (Å²) < 4.78 is 5.36. The van der Waals surface area contributed by atoms with Crippen molar-refractivity contribution >= 4 is 22.4 Å². The lowest BCUT2D eigenvalue weighted by atomic mass is 9.99. The first kappa shape index (κ1) is 20.0. The van der Waals surface area contributed by atoms with Crippen molar-refractivity contribution in [2.24, 2.45) is 5.92 Å². The average molecular weight is 380 g/mol. The molecular formula is C22H28N4O2. The van der Waals surface area contributed by atoms with E-state index < -0.39 is 0 Å². The Morgan fingerprint density at radius 2 is 2.29 bits per heavy atom. The summed E-state index contributed by atoms with van der Waals surface area (Å²) in [5, 5.41) is 10.2. The van der Waals surface area contributed by atoms with Crippen LogP contribution in [0.25, 0.3) is 16.5 Å². The van der Waals surface area contributed by atoms with E-state index in [0.29, 0.717) is 19.6 Å². The molecule has 28 heavy (non-hydrogen) atoms. The number of aromatic amines is 1. The third-order valence-electron chi connectivity index (χ3n) is 5.34. The smallest absolute Gasteiger partial charge is 0.236 e. The summed E-state index contributed by atoms with van der Waals surface area (Å²) >= 11 is 0. The minimum absolute atomic E-state index is 0.0956. The molecule has 0 spiro atoms. The Labute approximate surface area is 166 Å². The van der Waals surface area contributed by atoms with Crippen molar-refractivity contribution in [2.45, 2.75) is 20.3 Å². The maximum Gasteiger partial charge on any atom is 0.236 e. The number of hydrogen-bond donors (Lipinski definition) is 1. The Bertz CT molecular complexity index is 909. The van der Waals surface area contributed by atoms with Crippen molar-refractivity contribution in [3.05, 3.63) is 36.0 Å². The molecule has 2 heterocycles. The van der Waals surface area contributed by atoms with Crippen LogP contribution >= 0.6 is 0 Å². The summed E-state index contributed by atoms with van der Waals surface area (Å²) in [5.74, 6) is 0.803. The molecule has 3 rings (SSSR count). The normalized spacial score (nSPS) is 15.7. The van der Waals surface area contributed by atoms with Crippen LogP contribution in [-0.4, -0.2) is 60.5 Å². The fourth-order valence-corrected chi connectivity index (χ4v) is 3.66. The van der Waals surface area contributed by atoms with E-state index in [-0.39, 0.29) is 11.8 Å². The molecule has 0 radical (unpaired) electrons. The number of amides is 1. The molecule has 6 heteroatoms. The number of aromatic nitrogens is 1. The third-order valence-corrected chi connectivity index (χ3v) is 5.34. The maximum absolute atomic E-state index is 12.6. The van der Waals surface area contributed by atoms with Crippen molar-refractivity contribution in [3.8, 4) is 11.8 Å². The zero-order valence-corrected chi connectivity index (χ0v) is 16.9. The summed E-state index contributed by atoms with van der Waals surface area (Å²) in [7, 11) is 1.68. The number of nitrogens with one attached hydrogen (secondary N) is 1. The number of H-pyrrole nitrogens is 1. The standard InChI is InChI=1S/C22H28N4O2/c1-4-26(14-16(2)12-23)22(27)15-25-9-7-17(8-10-25)20-13-24-21-6-5-18(28-3)11-19(20)21/h5-7,11,13,16,24H,4,8-10,14-15H2,1-3H3. The minimum Gasteiger partial charge on any atom is -0.497 e. The monoisotopic (exact) mass is 380 g/mol. The molecule has 1 aromatic heterocycles. The van der Waals surface area contributed by atoms with E-state index >= 15 is 0 Å². The second kappa shape index (κ2) is 8.94. The number of carbonyl (C=O) groups is 1. The van der Waals surface area contributed by atoms with E-state index in [1.807, 2.05) is 26.0 Å². The number of nitrogens with zero attached hydrogens (tertiary/aromatic N) is 3. The summed E-state index contributed by atoms with van der Waals surface area (Å²) in [6, 6.07) is 8.26.